The van der Waals surface area contributed by atoms with Crippen molar-refractivity contribution in [3.8, 4) is 0 Å². The molecule has 1 aromatic rings. The molecule has 0 amide bonds. The highest BCUT2D eigenvalue weighted by atomic mass is 19.4. The number of esters is 1. The Hall–Kier alpha value is -1.79. The van der Waals surface area contributed by atoms with Crippen molar-refractivity contribution in [2.45, 2.75) is 19.5 Å². The number of aromatic nitrogens is 1. The standard InChI is InChI=1S/C13H15F3N2O2/c1-2-20-12(19)5-9-7-18(8-9)10-3-4-11(17-6-10)13(14,15)16/h3-4,6,9H,2,5,7-8H2,1H3. The highest BCUT2D eigenvalue weighted by molar-refractivity contribution is 5.70. The zero-order valence-corrected chi connectivity index (χ0v) is 11.0. The van der Waals surface area contributed by atoms with E-state index in [1.54, 1.807) is 6.92 Å². The number of ether oxygens (including phenoxy) is 1. The Morgan fingerprint density at radius 1 is 1.45 bits per heavy atom. The van der Waals surface area contributed by atoms with Crippen LogP contribution in [0.25, 0.3) is 0 Å². The molecule has 0 saturated carbocycles. The van der Waals surface area contributed by atoms with E-state index in [4.69, 9.17) is 4.74 Å². The number of pyridine rings is 1. The first-order chi connectivity index (χ1) is 9.40. The first kappa shape index (κ1) is 14.6. The molecule has 1 aromatic heterocycles. The summed E-state index contributed by atoms with van der Waals surface area (Å²) in [6, 6.07) is 2.37. The fourth-order valence-electron chi connectivity index (χ4n) is 2.11. The summed E-state index contributed by atoms with van der Waals surface area (Å²) in [6.07, 6.45) is -2.86. The first-order valence-corrected chi connectivity index (χ1v) is 6.34. The van der Waals surface area contributed by atoms with Crippen molar-refractivity contribution in [3.05, 3.63) is 24.0 Å². The van der Waals surface area contributed by atoms with Gasteiger partial charge in [-0.3, -0.25) is 4.79 Å². The van der Waals surface area contributed by atoms with Crippen LogP contribution in [0.1, 0.15) is 19.0 Å². The lowest BCUT2D eigenvalue weighted by Gasteiger charge is -2.40. The van der Waals surface area contributed by atoms with Gasteiger partial charge in [0, 0.05) is 19.0 Å². The van der Waals surface area contributed by atoms with Crippen LogP contribution in [0.3, 0.4) is 0 Å². The summed E-state index contributed by atoms with van der Waals surface area (Å²) in [7, 11) is 0. The predicted octanol–water partition coefficient (Wildman–Crippen LogP) is 2.49. The molecule has 7 heteroatoms. The molecule has 110 valence electrons. The molecule has 0 spiro atoms. The number of rotatable bonds is 4. The van der Waals surface area contributed by atoms with Crippen molar-refractivity contribution in [3.63, 3.8) is 0 Å². The van der Waals surface area contributed by atoms with E-state index >= 15 is 0 Å². The number of carbonyl (C=O) groups is 1. The molecular weight excluding hydrogens is 273 g/mol. The summed E-state index contributed by atoms with van der Waals surface area (Å²) in [4.78, 5) is 16.6. The van der Waals surface area contributed by atoms with Crippen LogP contribution in [0.5, 0.6) is 0 Å². The fourth-order valence-corrected chi connectivity index (χ4v) is 2.11. The van der Waals surface area contributed by atoms with Crippen molar-refractivity contribution >= 4 is 11.7 Å². The van der Waals surface area contributed by atoms with Gasteiger partial charge in [0.15, 0.2) is 0 Å². The third-order valence-electron chi connectivity index (χ3n) is 3.12. The molecule has 4 nitrogen and oxygen atoms in total. The van der Waals surface area contributed by atoms with Gasteiger partial charge in [-0.25, -0.2) is 4.98 Å². The number of hydrogen-bond donors (Lipinski definition) is 0. The molecule has 1 saturated heterocycles. The third-order valence-corrected chi connectivity index (χ3v) is 3.12. The molecule has 0 bridgehead atoms. The lowest BCUT2D eigenvalue weighted by atomic mass is 9.96. The van der Waals surface area contributed by atoms with Gasteiger partial charge in [-0.1, -0.05) is 0 Å². The van der Waals surface area contributed by atoms with Gasteiger partial charge < -0.3 is 9.64 Å². The van der Waals surface area contributed by atoms with Crippen LogP contribution in [0, 0.1) is 5.92 Å². The Bertz CT molecular complexity index is 467. The van der Waals surface area contributed by atoms with Crippen molar-refractivity contribution in [2.24, 2.45) is 5.92 Å². The zero-order chi connectivity index (χ0) is 14.8. The van der Waals surface area contributed by atoms with Gasteiger partial charge in [0.1, 0.15) is 5.69 Å². The summed E-state index contributed by atoms with van der Waals surface area (Å²) in [5.41, 5.74) is -0.261. The normalized spacial score (nSPS) is 15.9. The van der Waals surface area contributed by atoms with E-state index in [0.717, 1.165) is 6.07 Å². The van der Waals surface area contributed by atoms with Gasteiger partial charge in [-0.05, 0) is 19.1 Å². The number of hydrogen-bond acceptors (Lipinski definition) is 4. The Morgan fingerprint density at radius 2 is 2.15 bits per heavy atom. The van der Waals surface area contributed by atoms with E-state index in [9.17, 15) is 18.0 Å². The Balaban J connectivity index is 1.85. The van der Waals surface area contributed by atoms with E-state index in [1.165, 1.54) is 12.3 Å². The molecule has 0 unspecified atom stereocenters. The summed E-state index contributed by atoms with van der Waals surface area (Å²) in [5, 5.41) is 0. The van der Waals surface area contributed by atoms with Crippen LogP contribution in [0.15, 0.2) is 18.3 Å². The Kier molecular flexibility index (Phi) is 4.15. The van der Waals surface area contributed by atoms with E-state index in [2.05, 4.69) is 4.98 Å². The summed E-state index contributed by atoms with van der Waals surface area (Å²) in [6.45, 7) is 3.37. The number of carbonyl (C=O) groups excluding carboxylic acids is 1. The average molecular weight is 288 g/mol. The van der Waals surface area contributed by atoms with E-state index in [-0.39, 0.29) is 11.9 Å². The highest BCUT2D eigenvalue weighted by Crippen LogP contribution is 2.30. The monoisotopic (exact) mass is 288 g/mol. The summed E-state index contributed by atoms with van der Waals surface area (Å²) < 4.78 is 41.9. The van der Waals surface area contributed by atoms with Gasteiger partial charge >= 0.3 is 12.1 Å². The molecular formula is C13H15F3N2O2. The maximum absolute atomic E-state index is 12.4. The Morgan fingerprint density at radius 3 is 2.65 bits per heavy atom. The smallest absolute Gasteiger partial charge is 0.433 e. The molecule has 0 atom stereocenters. The predicted molar refractivity (Wildman–Crippen MR) is 66.2 cm³/mol. The van der Waals surface area contributed by atoms with Crippen LogP contribution in [-0.2, 0) is 15.7 Å². The van der Waals surface area contributed by atoms with Crippen LogP contribution in [-0.4, -0.2) is 30.6 Å². The molecule has 0 N–H and O–H groups in total. The van der Waals surface area contributed by atoms with Crippen LogP contribution in [0.4, 0.5) is 18.9 Å². The molecule has 0 aliphatic carbocycles. The van der Waals surface area contributed by atoms with Crippen LogP contribution < -0.4 is 4.90 Å². The van der Waals surface area contributed by atoms with Crippen molar-refractivity contribution < 1.29 is 22.7 Å². The van der Waals surface area contributed by atoms with Crippen LogP contribution in [0.2, 0.25) is 0 Å². The van der Waals surface area contributed by atoms with E-state index in [0.29, 0.717) is 31.8 Å². The van der Waals surface area contributed by atoms with Gasteiger partial charge in [0.25, 0.3) is 0 Å². The quantitative estimate of drug-likeness (QED) is 0.798. The summed E-state index contributed by atoms with van der Waals surface area (Å²) >= 11 is 0. The van der Waals surface area contributed by atoms with Crippen molar-refractivity contribution in [1.82, 2.24) is 4.98 Å². The maximum Gasteiger partial charge on any atom is 0.433 e. The Labute approximate surface area is 114 Å². The number of alkyl halides is 3. The average Bonchev–Trinajstić information content (AvgIpc) is 2.33. The first-order valence-electron chi connectivity index (χ1n) is 6.34. The second kappa shape index (κ2) is 5.68. The molecule has 1 aliphatic rings. The van der Waals surface area contributed by atoms with Gasteiger partial charge in [-0.15, -0.1) is 0 Å². The molecule has 1 aliphatic heterocycles. The van der Waals surface area contributed by atoms with Gasteiger partial charge in [0.05, 0.1) is 24.9 Å². The third kappa shape index (κ3) is 3.40. The molecule has 1 fully saturated rings. The second-order valence-corrected chi connectivity index (χ2v) is 4.68. The zero-order valence-electron chi connectivity index (χ0n) is 11.0. The van der Waals surface area contributed by atoms with Gasteiger partial charge in [-0.2, -0.15) is 13.2 Å². The molecule has 0 aromatic carbocycles. The minimum absolute atomic E-state index is 0.191. The maximum atomic E-state index is 12.4. The second-order valence-electron chi connectivity index (χ2n) is 4.68. The largest absolute Gasteiger partial charge is 0.466 e. The number of nitrogens with zero attached hydrogens (tertiary/aromatic N) is 2. The van der Waals surface area contributed by atoms with Crippen LogP contribution >= 0.6 is 0 Å². The lowest BCUT2D eigenvalue weighted by molar-refractivity contribution is -0.144. The van der Waals surface area contributed by atoms with Crippen molar-refractivity contribution in [1.29, 1.82) is 0 Å². The van der Waals surface area contributed by atoms with Gasteiger partial charge in [0.2, 0.25) is 0 Å². The molecule has 0 radical (unpaired) electrons. The minimum atomic E-state index is -4.42. The fraction of sp³-hybridized carbons (Fsp3) is 0.538. The molecule has 20 heavy (non-hydrogen) atoms. The highest BCUT2D eigenvalue weighted by Gasteiger charge is 2.33. The summed E-state index contributed by atoms with van der Waals surface area (Å²) in [5.74, 6) is -0.0426. The van der Waals surface area contributed by atoms with E-state index in [1.807, 2.05) is 4.90 Å². The number of anilines is 1. The van der Waals surface area contributed by atoms with Crippen molar-refractivity contribution in [2.75, 3.05) is 24.6 Å². The molecule has 2 heterocycles. The van der Waals surface area contributed by atoms with E-state index < -0.39 is 11.9 Å². The minimum Gasteiger partial charge on any atom is -0.466 e. The lowest BCUT2D eigenvalue weighted by Crippen LogP contribution is -2.47. The number of halogens is 3. The topological polar surface area (TPSA) is 42.4 Å². The molecule has 2 rings (SSSR count). The SMILES string of the molecule is CCOC(=O)CC1CN(c2ccc(C(F)(F)F)nc2)C1.